The van der Waals surface area contributed by atoms with Gasteiger partial charge in [0.05, 0.1) is 6.10 Å². The molecule has 0 aromatic heterocycles. The zero-order valence-electron chi connectivity index (χ0n) is 19.3. The number of aliphatic imine (C=N–C) groups is 1. The third kappa shape index (κ3) is 6.14. The fourth-order valence-electron chi connectivity index (χ4n) is 4.85. The van der Waals surface area contributed by atoms with Crippen molar-refractivity contribution in [2.24, 2.45) is 10.9 Å². The zero-order valence-corrected chi connectivity index (χ0v) is 21.6. The molecule has 3 aliphatic heterocycles. The maximum Gasteiger partial charge on any atom is 0.251 e. The van der Waals surface area contributed by atoms with Crippen molar-refractivity contribution in [3.63, 3.8) is 0 Å². The van der Waals surface area contributed by atoms with E-state index in [1.807, 2.05) is 11.9 Å². The van der Waals surface area contributed by atoms with Gasteiger partial charge in [-0.2, -0.15) is 0 Å². The van der Waals surface area contributed by atoms with Crippen LogP contribution in [0, 0.1) is 12.8 Å². The lowest BCUT2D eigenvalue weighted by Crippen LogP contribution is -2.55. The Morgan fingerprint density at radius 1 is 1.03 bits per heavy atom. The second-order valence-electron chi connectivity index (χ2n) is 8.85. The van der Waals surface area contributed by atoms with E-state index in [0.717, 1.165) is 71.0 Å². The number of rotatable bonds is 4. The van der Waals surface area contributed by atoms with Crippen LogP contribution >= 0.6 is 24.0 Å². The normalized spacial score (nSPS) is 26.6. The number of guanidine groups is 1. The molecule has 0 spiro atoms. The smallest absolute Gasteiger partial charge is 0.251 e. The van der Waals surface area contributed by atoms with Crippen molar-refractivity contribution in [2.75, 3.05) is 53.0 Å². The Morgan fingerprint density at radius 2 is 1.69 bits per heavy atom. The number of benzene rings is 1. The number of carbonyl (C=O) groups excluding carboxylic acids is 1. The molecule has 1 amide bonds. The van der Waals surface area contributed by atoms with Crippen LogP contribution in [0.1, 0.15) is 42.9 Å². The summed E-state index contributed by atoms with van der Waals surface area (Å²) in [6, 6.07) is 8.71. The molecule has 3 atom stereocenters. The highest BCUT2D eigenvalue weighted by Crippen LogP contribution is 2.33. The van der Waals surface area contributed by atoms with E-state index in [1.54, 1.807) is 0 Å². The molecular weight excluding hydrogens is 519 g/mol. The van der Waals surface area contributed by atoms with Gasteiger partial charge in [0, 0.05) is 58.9 Å². The monoisotopic (exact) mass is 556 g/mol. The predicted molar refractivity (Wildman–Crippen MR) is 136 cm³/mol. The van der Waals surface area contributed by atoms with Gasteiger partial charge in [-0.3, -0.25) is 9.79 Å². The Balaban J connectivity index is 0.00000289. The van der Waals surface area contributed by atoms with Crippen LogP contribution in [0.3, 0.4) is 0 Å². The quantitative estimate of drug-likeness (QED) is 0.351. The Bertz CT molecular complexity index is 759. The molecule has 3 unspecified atom stereocenters. The minimum Gasteiger partial charge on any atom is -0.373 e. The summed E-state index contributed by atoms with van der Waals surface area (Å²) in [6.07, 6.45) is 3.98. The molecule has 0 radical (unpaired) electrons. The highest BCUT2D eigenvalue weighted by molar-refractivity contribution is 14.0. The molecule has 3 aliphatic rings. The van der Waals surface area contributed by atoms with E-state index in [-0.39, 0.29) is 42.1 Å². The number of halogens is 1. The number of nitrogens with one attached hydrogen (secondary N) is 1. The molecule has 1 N–H and O–H groups in total. The number of carbonyl (C=O) groups is 1. The number of hydrogen-bond acceptors (Lipinski definition) is 4. The minimum absolute atomic E-state index is 0. The third-order valence-electron chi connectivity index (χ3n) is 6.68. The summed E-state index contributed by atoms with van der Waals surface area (Å²) < 4.78 is 11.7. The van der Waals surface area contributed by atoms with E-state index in [9.17, 15) is 4.79 Å². The minimum atomic E-state index is -0.228. The first-order valence-electron chi connectivity index (χ1n) is 11.7. The van der Waals surface area contributed by atoms with Crippen molar-refractivity contribution in [1.29, 1.82) is 0 Å². The van der Waals surface area contributed by atoms with Gasteiger partial charge in [0.15, 0.2) is 5.96 Å². The second-order valence-corrected chi connectivity index (χ2v) is 8.85. The number of nitrogens with zero attached hydrogens (tertiary/aromatic N) is 3. The fraction of sp³-hybridized carbons (Fsp3) is 0.667. The number of amides is 1. The standard InChI is InChI=1S/C24H36N4O3.HI/c1-18-7-9-19(10-8-18)22-20(5-3-16-31-22)17-26-24(25-2)28-13-11-27(12-14-28)23(29)21-6-4-15-30-21;/h7-10,20-22H,3-6,11-17H2,1-2H3,(H,25,26);1H. The Labute approximate surface area is 208 Å². The molecule has 3 fully saturated rings. The van der Waals surface area contributed by atoms with Crippen LogP contribution in [0.2, 0.25) is 0 Å². The topological polar surface area (TPSA) is 66.4 Å². The summed E-state index contributed by atoms with van der Waals surface area (Å²) in [6.45, 7) is 7.51. The third-order valence-corrected chi connectivity index (χ3v) is 6.68. The van der Waals surface area contributed by atoms with Crippen molar-refractivity contribution in [3.05, 3.63) is 35.4 Å². The SMILES string of the molecule is CN=C(NCC1CCCOC1c1ccc(C)cc1)N1CCN(C(=O)C2CCCO2)CC1.I. The van der Waals surface area contributed by atoms with Crippen molar-refractivity contribution < 1.29 is 14.3 Å². The van der Waals surface area contributed by atoms with Gasteiger partial charge in [-0.15, -0.1) is 24.0 Å². The van der Waals surface area contributed by atoms with Gasteiger partial charge in [0.2, 0.25) is 0 Å². The van der Waals surface area contributed by atoms with Crippen LogP contribution in [-0.4, -0.2) is 80.8 Å². The number of ether oxygens (including phenoxy) is 2. The van der Waals surface area contributed by atoms with Crippen molar-refractivity contribution >= 4 is 35.8 Å². The first-order valence-corrected chi connectivity index (χ1v) is 11.7. The number of hydrogen-bond donors (Lipinski definition) is 1. The fourth-order valence-corrected chi connectivity index (χ4v) is 4.85. The summed E-state index contributed by atoms with van der Waals surface area (Å²) in [5.74, 6) is 1.48. The van der Waals surface area contributed by atoms with Crippen molar-refractivity contribution in [3.8, 4) is 0 Å². The molecule has 1 aromatic carbocycles. The molecule has 7 nitrogen and oxygen atoms in total. The van der Waals surface area contributed by atoms with E-state index in [0.29, 0.717) is 12.5 Å². The lowest BCUT2D eigenvalue weighted by Gasteiger charge is -2.38. The molecule has 178 valence electrons. The van der Waals surface area contributed by atoms with Crippen molar-refractivity contribution in [1.82, 2.24) is 15.1 Å². The van der Waals surface area contributed by atoms with Gasteiger partial charge in [0.1, 0.15) is 6.10 Å². The van der Waals surface area contributed by atoms with Crippen LogP contribution in [0.5, 0.6) is 0 Å². The Kier molecular flexibility index (Phi) is 9.61. The highest BCUT2D eigenvalue weighted by Gasteiger charge is 2.32. The van der Waals surface area contributed by atoms with Gasteiger partial charge >= 0.3 is 0 Å². The molecule has 3 saturated heterocycles. The first kappa shape index (κ1) is 25.2. The van der Waals surface area contributed by atoms with Crippen LogP contribution in [0.15, 0.2) is 29.3 Å². The van der Waals surface area contributed by atoms with Crippen LogP contribution in [0.25, 0.3) is 0 Å². The Morgan fingerprint density at radius 3 is 2.34 bits per heavy atom. The first-order chi connectivity index (χ1) is 15.2. The Hall–Kier alpha value is -1.39. The van der Waals surface area contributed by atoms with Gasteiger partial charge in [0.25, 0.3) is 5.91 Å². The highest BCUT2D eigenvalue weighted by atomic mass is 127. The molecule has 1 aromatic rings. The average molecular weight is 556 g/mol. The number of piperazine rings is 1. The van der Waals surface area contributed by atoms with E-state index in [2.05, 4.69) is 46.4 Å². The van der Waals surface area contributed by atoms with Gasteiger partial charge < -0.3 is 24.6 Å². The van der Waals surface area contributed by atoms with Crippen LogP contribution in [0.4, 0.5) is 0 Å². The van der Waals surface area contributed by atoms with E-state index in [4.69, 9.17) is 9.47 Å². The number of aryl methyl sites for hydroxylation is 1. The molecule has 4 rings (SSSR count). The second kappa shape index (κ2) is 12.2. The summed E-state index contributed by atoms with van der Waals surface area (Å²) in [5, 5.41) is 3.59. The van der Waals surface area contributed by atoms with Crippen LogP contribution in [-0.2, 0) is 14.3 Å². The summed E-state index contributed by atoms with van der Waals surface area (Å²) >= 11 is 0. The van der Waals surface area contributed by atoms with Gasteiger partial charge in [-0.25, -0.2) is 0 Å². The molecule has 3 heterocycles. The molecule has 0 aliphatic carbocycles. The lowest BCUT2D eigenvalue weighted by atomic mass is 9.89. The maximum atomic E-state index is 12.6. The molecule has 0 saturated carbocycles. The summed E-state index contributed by atoms with van der Waals surface area (Å²) in [5.41, 5.74) is 2.53. The molecule has 8 heteroatoms. The largest absolute Gasteiger partial charge is 0.373 e. The van der Waals surface area contributed by atoms with E-state index in [1.165, 1.54) is 11.1 Å². The maximum absolute atomic E-state index is 12.6. The summed E-state index contributed by atoms with van der Waals surface area (Å²) in [7, 11) is 1.83. The zero-order chi connectivity index (χ0) is 21.6. The van der Waals surface area contributed by atoms with Crippen molar-refractivity contribution in [2.45, 2.75) is 44.8 Å². The van der Waals surface area contributed by atoms with Gasteiger partial charge in [-0.1, -0.05) is 29.8 Å². The van der Waals surface area contributed by atoms with E-state index < -0.39 is 0 Å². The summed E-state index contributed by atoms with van der Waals surface area (Å²) in [4.78, 5) is 21.3. The van der Waals surface area contributed by atoms with E-state index >= 15 is 0 Å². The average Bonchev–Trinajstić information content (AvgIpc) is 3.35. The predicted octanol–water partition coefficient (Wildman–Crippen LogP) is 2.98. The molecule has 32 heavy (non-hydrogen) atoms. The molecular formula is C24H37IN4O3. The van der Waals surface area contributed by atoms with Crippen LogP contribution < -0.4 is 5.32 Å². The lowest BCUT2D eigenvalue weighted by molar-refractivity contribution is -0.142. The van der Waals surface area contributed by atoms with Gasteiger partial charge in [-0.05, 0) is 38.2 Å². The molecule has 0 bridgehead atoms.